The van der Waals surface area contributed by atoms with Gasteiger partial charge >= 0.3 is 18.1 Å². The van der Waals surface area contributed by atoms with Gasteiger partial charge in [-0.05, 0) is 42.5 Å². The molecule has 0 aliphatic rings. The zero-order valence-electron chi connectivity index (χ0n) is 21.7. The number of aryl methyl sites for hydroxylation is 1. The molecule has 1 aromatic heterocycles. The molecule has 12 nitrogen and oxygen atoms in total. The lowest BCUT2D eigenvalue weighted by Crippen LogP contribution is -2.58. The molecule has 0 fully saturated rings. The minimum absolute atomic E-state index is 0.0355. The van der Waals surface area contributed by atoms with Crippen molar-refractivity contribution in [2.45, 2.75) is 18.1 Å². The zero-order chi connectivity index (χ0) is 33.1. The molecule has 1 heterocycles. The van der Waals surface area contributed by atoms with Crippen LogP contribution in [0.5, 0.6) is 0 Å². The molecule has 44 heavy (non-hydrogen) atoms. The summed E-state index contributed by atoms with van der Waals surface area (Å²) in [5.74, 6) is -13.7. The molecular weight excluding hydrogens is 625 g/mol. The fourth-order valence-corrected chi connectivity index (χ4v) is 4.54. The van der Waals surface area contributed by atoms with Crippen molar-refractivity contribution in [1.82, 2.24) is 9.13 Å². The smallest absolute Gasteiger partial charge is 0.342 e. The van der Waals surface area contributed by atoms with E-state index in [0.717, 1.165) is 23.7 Å². The number of nitrogens with one attached hydrogen (secondary N) is 2. The number of fused-ring (bicyclic) bond motifs is 1. The summed E-state index contributed by atoms with van der Waals surface area (Å²) >= 11 is 6.06. The molecule has 18 heteroatoms. The Balaban J connectivity index is 2.10. The van der Waals surface area contributed by atoms with Crippen LogP contribution < -0.4 is 10.9 Å². The van der Waals surface area contributed by atoms with Crippen LogP contribution in [0.3, 0.4) is 0 Å². The van der Waals surface area contributed by atoms with E-state index in [1.54, 1.807) is 6.07 Å². The maximum Gasteiger partial charge on any atom is 0.416 e. The van der Waals surface area contributed by atoms with Gasteiger partial charge in [-0.1, -0.05) is 11.6 Å². The average molecular weight is 642 g/mol. The van der Waals surface area contributed by atoms with Gasteiger partial charge in [0, 0.05) is 18.2 Å². The number of benzene rings is 3. The normalized spacial score (nSPS) is 12.3. The second-order valence-electron chi connectivity index (χ2n) is 9.28. The van der Waals surface area contributed by atoms with Crippen LogP contribution in [0.1, 0.15) is 37.4 Å². The number of rotatable bonds is 6. The third-order valence-electron chi connectivity index (χ3n) is 6.39. The highest BCUT2D eigenvalue weighted by Crippen LogP contribution is 2.36. The van der Waals surface area contributed by atoms with Crippen molar-refractivity contribution in [2.24, 2.45) is 7.05 Å². The number of aliphatic hydroxyl groups is 5. The Hall–Kier alpha value is -4.70. The lowest BCUT2D eigenvalue weighted by Gasteiger charge is -2.31. The SMILES string of the molecule is Cn1c(=N)n(C(O)(O)C(O)(O)O)c2cc(NC(=O)c3cc(F)cc(C(F)(F)F)c3)c(C(=O)c3cc(F)ccc3Cl)c(C#N)c21. The molecule has 0 saturated carbocycles. The molecule has 230 valence electrons. The molecule has 0 aliphatic heterocycles. The van der Waals surface area contributed by atoms with E-state index >= 15 is 0 Å². The molecular formula is C26H17ClF5N5O7. The third-order valence-corrected chi connectivity index (χ3v) is 6.72. The van der Waals surface area contributed by atoms with Crippen molar-refractivity contribution < 1.29 is 57.1 Å². The molecule has 0 atom stereocenters. The van der Waals surface area contributed by atoms with Crippen LogP contribution in [-0.2, 0) is 19.1 Å². The Morgan fingerprint density at radius 1 is 1.00 bits per heavy atom. The summed E-state index contributed by atoms with van der Waals surface area (Å²) in [6.07, 6.45) is -5.09. The summed E-state index contributed by atoms with van der Waals surface area (Å²) < 4.78 is 68.7. The Labute approximate surface area is 246 Å². The first-order chi connectivity index (χ1) is 20.2. The molecule has 4 aromatic rings. The summed E-state index contributed by atoms with van der Waals surface area (Å²) in [7, 11) is 1.04. The van der Waals surface area contributed by atoms with Crippen molar-refractivity contribution in [2.75, 3.05) is 5.32 Å². The Bertz CT molecular complexity index is 1970. The molecule has 0 bridgehead atoms. The van der Waals surface area contributed by atoms with Crippen molar-refractivity contribution in [3.63, 3.8) is 0 Å². The lowest BCUT2D eigenvalue weighted by atomic mass is 9.95. The Morgan fingerprint density at radius 2 is 1.64 bits per heavy atom. The van der Waals surface area contributed by atoms with Crippen LogP contribution in [0.25, 0.3) is 11.0 Å². The summed E-state index contributed by atoms with van der Waals surface area (Å²) in [6, 6.07) is 5.56. The van der Waals surface area contributed by atoms with Gasteiger partial charge in [-0.2, -0.15) is 18.4 Å². The van der Waals surface area contributed by atoms with E-state index in [-0.39, 0.29) is 21.7 Å². The van der Waals surface area contributed by atoms with Crippen molar-refractivity contribution >= 4 is 40.0 Å². The van der Waals surface area contributed by atoms with Crippen molar-refractivity contribution in [3.05, 3.63) is 92.6 Å². The molecule has 4 rings (SSSR count). The number of hydrogen-bond donors (Lipinski definition) is 7. The standard InChI is InChI=1S/C26H17ClF5N5O7/c1-36-20-15(9-33)19(21(38)14-7-12(28)2-3-16(14)27)17(8-18(20)37(23(36)34)25(40,41)26(42,43)44)35-22(39)10-4-11(24(30,31)32)6-13(29)5-10/h2-8,34,40-44H,1H3,(H,35,39). The van der Waals surface area contributed by atoms with Gasteiger partial charge in [0.15, 0.2) is 5.78 Å². The maximum atomic E-state index is 14.1. The van der Waals surface area contributed by atoms with Crippen LogP contribution in [0.2, 0.25) is 5.02 Å². The summed E-state index contributed by atoms with van der Waals surface area (Å²) in [6.45, 7) is 0. The predicted octanol–water partition coefficient (Wildman–Crippen LogP) is 1.99. The van der Waals surface area contributed by atoms with Gasteiger partial charge in [0.25, 0.3) is 5.91 Å². The number of nitriles is 1. The lowest BCUT2D eigenvalue weighted by molar-refractivity contribution is -0.480. The molecule has 7 N–H and O–H groups in total. The largest absolute Gasteiger partial charge is 0.416 e. The van der Waals surface area contributed by atoms with Gasteiger partial charge in [-0.15, -0.1) is 0 Å². The van der Waals surface area contributed by atoms with Crippen molar-refractivity contribution in [3.8, 4) is 6.07 Å². The van der Waals surface area contributed by atoms with Crippen LogP contribution in [0.4, 0.5) is 27.6 Å². The Morgan fingerprint density at radius 3 is 2.20 bits per heavy atom. The molecule has 0 unspecified atom stereocenters. The number of hydrogen-bond acceptors (Lipinski definition) is 9. The number of nitrogens with zero attached hydrogens (tertiary/aromatic N) is 3. The van der Waals surface area contributed by atoms with Gasteiger partial charge in [-0.25, -0.2) is 8.78 Å². The van der Waals surface area contributed by atoms with Crippen LogP contribution >= 0.6 is 11.6 Å². The summed E-state index contributed by atoms with van der Waals surface area (Å²) in [5.41, 5.74) is -7.76. The number of anilines is 1. The number of halogens is 6. The van der Waals surface area contributed by atoms with Crippen LogP contribution in [0, 0.1) is 28.4 Å². The van der Waals surface area contributed by atoms with Gasteiger partial charge < -0.3 is 35.4 Å². The number of imidazole rings is 1. The fraction of sp³-hybridized carbons (Fsp3) is 0.154. The van der Waals surface area contributed by atoms with Crippen LogP contribution in [0.15, 0.2) is 42.5 Å². The molecule has 3 aromatic carbocycles. The van der Waals surface area contributed by atoms with Crippen molar-refractivity contribution in [1.29, 1.82) is 10.7 Å². The van der Waals surface area contributed by atoms with E-state index in [1.807, 2.05) is 5.32 Å². The summed E-state index contributed by atoms with van der Waals surface area (Å²) in [4.78, 5) is 26.9. The van der Waals surface area contributed by atoms with E-state index in [0.29, 0.717) is 18.2 Å². The highest BCUT2D eigenvalue weighted by atomic mass is 35.5. The first-order valence-electron chi connectivity index (χ1n) is 11.7. The van der Waals surface area contributed by atoms with E-state index in [4.69, 9.17) is 17.0 Å². The number of amides is 1. The highest BCUT2D eigenvalue weighted by molar-refractivity contribution is 6.35. The second-order valence-corrected chi connectivity index (χ2v) is 9.68. The molecule has 0 aliphatic carbocycles. The monoisotopic (exact) mass is 641 g/mol. The molecule has 0 radical (unpaired) electrons. The first kappa shape index (κ1) is 32.2. The molecule has 0 saturated heterocycles. The number of aromatic nitrogens is 2. The molecule has 0 spiro atoms. The number of alkyl halides is 3. The van der Waals surface area contributed by atoms with Gasteiger partial charge in [-0.3, -0.25) is 19.6 Å². The third kappa shape index (κ3) is 5.41. The van der Waals surface area contributed by atoms with E-state index in [2.05, 4.69) is 0 Å². The Kier molecular flexibility index (Phi) is 7.90. The van der Waals surface area contributed by atoms with E-state index < -0.39 is 91.5 Å². The molecule has 1 amide bonds. The number of carbonyl (C=O) groups excluding carboxylic acids is 2. The second kappa shape index (κ2) is 10.8. The minimum atomic E-state index is -5.09. The summed E-state index contributed by atoms with van der Waals surface area (Å²) in [5, 5.41) is 69.5. The average Bonchev–Trinajstić information content (AvgIpc) is 3.16. The minimum Gasteiger partial charge on any atom is -0.342 e. The van der Waals surface area contributed by atoms with Crippen LogP contribution in [-0.4, -0.2) is 52.3 Å². The topological polar surface area (TPSA) is 205 Å². The zero-order valence-corrected chi connectivity index (χ0v) is 22.5. The van der Waals surface area contributed by atoms with E-state index in [9.17, 15) is 62.3 Å². The predicted molar refractivity (Wildman–Crippen MR) is 137 cm³/mol. The highest BCUT2D eigenvalue weighted by Gasteiger charge is 2.50. The van der Waals surface area contributed by atoms with Gasteiger partial charge in [0.2, 0.25) is 5.62 Å². The van der Waals surface area contributed by atoms with Gasteiger partial charge in [0.1, 0.15) is 17.7 Å². The number of carbonyl (C=O) groups is 2. The maximum absolute atomic E-state index is 14.1. The quantitative estimate of drug-likeness (QED) is 0.0940. The number of ketones is 1. The van der Waals surface area contributed by atoms with E-state index in [1.165, 1.54) is 0 Å². The van der Waals surface area contributed by atoms with Gasteiger partial charge in [0.05, 0.1) is 38.4 Å². The first-order valence-corrected chi connectivity index (χ1v) is 12.1. The fourth-order valence-electron chi connectivity index (χ4n) is 4.33.